The number of amides is 3. The second-order valence-electron chi connectivity index (χ2n) is 8.15. The topological polar surface area (TPSA) is 199 Å². The van der Waals surface area contributed by atoms with E-state index in [1.165, 1.54) is 11.8 Å². The number of rotatable bonds is 11. The maximum Gasteiger partial charge on any atom is 0.326 e. The van der Waals surface area contributed by atoms with Crippen molar-refractivity contribution in [1.82, 2.24) is 15.5 Å². The molecule has 176 valence electrons. The van der Waals surface area contributed by atoms with Gasteiger partial charge in [0, 0.05) is 6.54 Å². The van der Waals surface area contributed by atoms with Gasteiger partial charge in [-0.15, -0.1) is 0 Å². The van der Waals surface area contributed by atoms with Crippen LogP contribution in [-0.4, -0.2) is 86.7 Å². The van der Waals surface area contributed by atoms with Crippen molar-refractivity contribution in [3.8, 4) is 0 Å². The Morgan fingerprint density at radius 3 is 2.19 bits per heavy atom. The highest BCUT2D eigenvalue weighted by molar-refractivity contribution is 5.95. The highest BCUT2D eigenvalue weighted by Crippen LogP contribution is 2.20. The smallest absolute Gasteiger partial charge is 0.326 e. The summed E-state index contributed by atoms with van der Waals surface area (Å²) in [4.78, 5) is 61.2. The highest BCUT2D eigenvalue weighted by atomic mass is 16.4. The van der Waals surface area contributed by atoms with Crippen LogP contribution in [0, 0.1) is 5.92 Å². The molecule has 0 aromatic carbocycles. The highest BCUT2D eigenvalue weighted by Gasteiger charge is 2.39. The van der Waals surface area contributed by atoms with E-state index in [1.807, 2.05) is 19.2 Å². The lowest BCUT2D eigenvalue weighted by atomic mass is 10.0. The first-order valence-corrected chi connectivity index (χ1v) is 10.1. The third kappa shape index (κ3) is 7.79. The average molecular weight is 444 g/mol. The van der Waals surface area contributed by atoms with Crippen LogP contribution in [0.1, 0.15) is 46.5 Å². The van der Waals surface area contributed by atoms with E-state index in [-0.39, 0.29) is 11.8 Å². The van der Waals surface area contributed by atoms with Crippen molar-refractivity contribution in [1.29, 1.82) is 0 Å². The van der Waals surface area contributed by atoms with Crippen molar-refractivity contribution < 1.29 is 39.3 Å². The first kappa shape index (κ1) is 26.3. The monoisotopic (exact) mass is 444 g/mol. The van der Waals surface area contributed by atoms with E-state index >= 15 is 0 Å². The second kappa shape index (κ2) is 11.6. The Morgan fingerprint density at radius 2 is 1.71 bits per heavy atom. The molecule has 1 rings (SSSR count). The van der Waals surface area contributed by atoms with Gasteiger partial charge in [0.15, 0.2) is 0 Å². The molecule has 1 saturated heterocycles. The number of hydrogen-bond donors (Lipinski definition) is 6. The summed E-state index contributed by atoms with van der Waals surface area (Å²) in [7, 11) is 0. The lowest BCUT2D eigenvalue weighted by molar-refractivity contribution is -0.148. The molecule has 0 spiro atoms. The van der Waals surface area contributed by atoms with E-state index in [0.717, 1.165) is 0 Å². The lowest BCUT2D eigenvalue weighted by Gasteiger charge is -2.29. The predicted molar refractivity (Wildman–Crippen MR) is 108 cm³/mol. The van der Waals surface area contributed by atoms with E-state index in [2.05, 4.69) is 5.32 Å². The molecule has 0 unspecified atom stereocenters. The summed E-state index contributed by atoms with van der Waals surface area (Å²) in [5.74, 6) is -4.94. The number of nitrogens with two attached hydrogens (primary N) is 1. The number of aliphatic hydroxyl groups excluding tert-OH is 1. The Balaban J connectivity index is 2.88. The van der Waals surface area contributed by atoms with Crippen LogP contribution >= 0.6 is 0 Å². The van der Waals surface area contributed by atoms with Gasteiger partial charge in [-0.2, -0.15) is 0 Å². The van der Waals surface area contributed by atoms with E-state index in [9.17, 15) is 29.1 Å². The summed E-state index contributed by atoms with van der Waals surface area (Å²) in [6, 6.07) is -4.92. The molecule has 7 N–H and O–H groups in total. The fourth-order valence-electron chi connectivity index (χ4n) is 3.42. The van der Waals surface area contributed by atoms with Crippen LogP contribution in [0.25, 0.3) is 0 Å². The normalized spacial score (nSPS) is 19.9. The van der Waals surface area contributed by atoms with Gasteiger partial charge in [0.1, 0.15) is 18.1 Å². The predicted octanol–water partition coefficient (Wildman–Crippen LogP) is -1.74. The van der Waals surface area contributed by atoms with Crippen molar-refractivity contribution in [2.75, 3.05) is 6.54 Å². The Kier molecular flexibility index (Phi) is 9.85. The van der Waals surface area contributed by atoms with Crippen LogP contribution in [0.2, 0.25) is 0 Å². The molecule has 1 fully saturated rings. The first-order chi connectivity index (χ1) is 14.3. The van der Waals surface area contributed by atoms with E-state index in [4.69, 9.17) is 15.9 Å². The summed E-state index contributed by atoms with van der Waals surface area (Å²) in [5, 5.41) is 32.1. The molecule has 0 aromatic heterocycles. The number of hydrogen-bond acceptors (Lipinski definition) is 7. The van der Waals surface area contributed by atoms with Crippen LogP contribution in [0.4, 0.5) is 0 Å². The quantitative estimate of drug-likeness (QED) is 0.214. The first-order valence-electron chi connectivity index (χ1n) is 10.1. The molecular weight excluding hydrogens is 412 g/mol. The minimum Gasteiger partial charge on any atom is -0.481 e. The van der Waals surface area contributed by atoms with Crippen LogP contribution in [-0.2, 0) is 24.0 Å². The molecule has 1 aliphatic heterocycles. The summed E-state index contributed by atoms with van der Waals surface area (Å²) in [5.41, 5.74) is 5.95. The zero-order valence-corrected chi connectivity index (χ0v) is 17.9. The number of aliphatic hydroxyl groups is 1. The van der Waals surface area contributed by atoms with Crippen LogP contribution < -0.4 is 16.4 Å². The third-order valence-corrected chi connectivity index (χ3v) is 4.94. The maximum absolute atomic E-state index is 12.8. The summed E-state index contributed by atoms with van der Waals surface area (Å²) >= 11 is 0. The van der Waals surface area contributed by atoms with Crippen molar-refractivity contribution in [3.63, 3.8) is 0 Å². The van der Waals surface area contributed by atoms with Gasteiger partial charge in [0.2, 0.25) is 17.7 Å². The van der Waals surface area contributed by atoms with E-state index in [1.54, 1.807) is 0 Å². The molecule has 0 aromatic rings. The molecule has 0 aliphatic carbocycles. The minimum atomic E-state index is -1.73. The molecule has 1 heterocycles. The van der Waals surface area contributed by atoms with Gasteiger partial charge in [-0.1, -0.05) is 13.8 Å². The molecule has 0 bridgehead atoms. The zero-order chi connectivity index (χ0) is 23.9. The molecule has 5 atom stereocenters. The number of aliphatic carboxylic acids is 2. The lowest BCUT2D eigenvalue weighted by Crippen LogP contribution is -2.59. The molecular formula is C19H32N4O8. The summed E-state index contributed by atoms with van der Waals surface area (Å²) in [6.07, 6.45) is -0.930. The van der Waals surface area contributed by atoms with Crippen LogP contribution in [0.15, 0.2) is 0 Å². The summed E-state index contributed by atoms with van der Waals surface area (Å²) < 4.78 is 0. The fourth-order valence-corrected chi connectivity index (χ4v) is 3.42. The van der Waals surface area contributed by atoms with Gasteiger partial charge in [-0.05, 0) is 32.1 Å². The Morgan fingerprint density at radius 1 is 1.10 bits per heavy atom. The van der Waals surface area contributed by atoms with Gasteiger partial charge in [0.05, 0.1) is 18.6 Å². The minimum absolute atomic E-state index is 0.185. The molecule has 12 heteroatoms. The molecule has 31 heavy (non-hydrogen) atoms. The van der Waals surface area contributed by atoms with Crippen molar-refractivity contribution in [3.05, 3.63) is 0 Å². The van der Waals surface area contributed by atoms with Crippen molar-refractivity contribution in [2.45, 2.75) is 76.7 Å². The van der Waals surface area contributed by atoms with E-state index in [0.29, 0.717) is 25.8 Å². The van der Waals surface area contributed by atoms with Gasteiger partial charge in [-0.25, -0.2) is 4.79 Å². The van der Waals surface area contributed by atoms with Gasteiger partial charge in [-0.3, -0.25) is 19.2 Å². The fraction of sp³-hybridized carbons (Fsp3) is 0.737. The number of nitrogens with one attached hydrogen (secondary N) is 2. The molecule has 3 amide bonds. The standard InChI is InChI=1S/C19H32N4O8/c1-9(2)7-11(20)18(29)23-6-4-5-13(23)16(27)22-15(10(3)24)17(28)21-12(19(30)31)8-14(25)26/h9-13,15,24H,4-8,20H2,1-3H3,(H,21,28)(H,22,27)(H,25,26)(H,30,31)/t10-,11+,12+,13+,15+/m1/s1. The van der Waals surface area contributed by atoms with Crippen LogP contribution in [0.3, 0.4) is 0 Å². The number of likely N-dealkylation sites (tertiary alicyclic amines) is 1. The number of carbonyl (C=O) groups excluding carboxylic acids is 3. The van der Waals surface area contributed by atoms with Crippen LogP contribution in [0.5, 0.6) is 0 Å². The van der Waals surface area contributed by atoms with Crippen molar-refractivity contribution >= 4 is 29.7 Å². The second-order valence-corrected chi connectivity index (χ2v) is 8.15. The Bertz CT molecular complexity index is 696. The van der Waals surface area contributed by atoms with Crippen molar-refractivity contribution in [2.24, 2.45) is 11.7 Å². The molecule has 1 aliphatic rings. The number of carboxylic acid groups (broad SMARTS) is 2. The third-order valence-electron chi connectivity index (χ3n) is 4.94. The van der Waals surface area contributed by atoms with E-state index < -0.39 is 60.4 Å². The summed E-state index contributed by atoms with van der Waals surface area (Å²) in [6.45, 7) is 5.38. The average Bonchev–Trinajstić information content (AvgIpc) is 3.13. The Hall–Kier alpha value is -2.73. The number of nitrogens with zero attached hydrogens (tertiary/aromatic N) is 1. The number of carboxylic acids is 2. The van der Waals surface area contributed by atoms with Gasteiger partial charge < -0.3 is 36.6 Å². The largest absolute Gasteiger partial charge is 0.481 e. The Labute approximate surface area is 180 Å². The maximum atomic E-state index is 12.8. The molecule has 0 saturated carbocycles. The SMILES string of the molecule is CC(C)C[C@H](N)C(=O)N1CCC[C@H]1C(=O)N[C@H](C(=O)N[C@@H](CC(=O)O)C(=O)O)[C@@H](C)O. The zero-order valence-electron chi connectivity index (χ0n) is 17.9. The molecule has 0 radical (unpaired) electrons. The molecule has 12 nitrogen and oxygen atoms in total. The number of carbonyl (C=O) groups is 5. The van der Waals surface area contributed by atoms with Gasteiger partial charge >= 0.3 is 11.9 Å². The van der Waals surface area contributed by atoms with Gasteiger partial charge in [0.25, 0.3) is 0 Å².